The number of nitrogens with zero attached hydrogens (tertiary/aromatic N) is 2. The normalized spacial score (nSPS) is 30.0. The lowest BCUT2D eigenvalue weighted by Crippen LogP contribution is -2.55. The molecule has 1 unspecified atom stereocenters. The van der Waals surface area contributed by atoms with E-state index >= 15 is 0 Å². The molecule has 4 heterocycles. The van der Waals surface area contributed by atoms with Crippen LogP contribution in [0.25, 0.3) is 10.8 Å². The van der Waals surface area contributed by atoms with Crippen molar-refractivity contribution in [2.24, 2.45) is 11.8 Å². The van der Waals surface area contributed by atoms with Gasteiger partial charge in [0.1, 0.15) is 17.6 Å². The molecule has 0 radical (unpaired) electrons. The molecule has 5 atom stereocenters. The maximum absolute atomic E-state index is 14.5. The van der Waals surface area contributed by atoms with Crippen LogP contribution in [0.4, 0.5) is 5.69 Å². The van der Waals surface area contributed by atoms with Crippen LogP contribution in [0, 0.1) is 11.8 Å². The molecule has 4 aliphatic heterocycles. The summed E-state index contributed by atoms with van der Waals surface area (Å²) in [5, 5.41) is 11.2. The summed E-state index contributed by atoms with van der Waals surface area (Å²) in [7, 11) is 0. The first-order valence-corrected chi connectivity index (χ1v) is 14.0. The molecule has 2 amide bonds. The number of unbranched alkanes of at least 4 members (excludes halogenated alkanes) is 3. The highest BCUT2D eigenvalue weighted by Crippen LogP contribution is 2.53. The zero-order valence-corrected chi connectivity index (χ0v) is 21.9. The van der Waals surface area contributed by atoms with E-state index in [9.17, 15) is 14.4 Å². The molecule has 4 aliphatic rings. The first-order chi connectivity index (χ1) is 19.0. The zero-order valence-electron chi connectivity index (χ0n) is 21.9. The minimum atomic E-state index is -1.26. The number of ether oxygens (including phenoxy) is 2. The van der Waals surface area contributed by atoms with Crippen molar-refractivity contribution in [3.05, 3.63) is 66.8 Å². The summed E-state index contributed by atoms with van der Waals surface area (Å²) in [5.41, 5.74) is -0.504. The molecule has 39 heavy (non-hydrogen) atoms. The largest absolute Gasteiger partial charge is 0.465 e. The number of hydrogen-bond donors (Lipinski definition) is 1. The smallest absolute Gasteiger partial charge is 0.312 e. The van der Waals surface area contributed by atoms with E-state index in [1.165, 1.54) is 0 Å². The van der Waals surface area contributed by atoms with E-state index in [4.69, 9.17) is 14.6 Å². The Labute approximate surface area is 227 Å². The molecule has 1 N–H and O–H groups in total. The van der Waals surface area contributed by atoms with Gasteiger partial charge in [-0.25, -0.2) is 0 Å². The van der Waals surface area contributed by atoms with Gasteiger partial charge in [0.15, 0.2) is 0 Å². The molecular weight excluding hydrogens is 496 g/mol. The molecule has 2 aromatic carbocycles. The van der Waals surface area contributed by atoms with Crippen LogP contribution >= 0.6 is 0 Å². The SMILES string of the molecule is O=C1OCCC=C[C@@H]2O[C@]34C=CCN(c5ccc6ccccc6c5)C(=O)C3N(CCCCCCO)C(=O)[C@@H]4[C@H]12. The molecule has 0 aromatic heterocycles. The molecule has 0 saturated carbocycles. The number of fused-ring (bicyclic) bond motifs is 3. The first-order valence-electron chi connectivity index (χ1n) is 14.0. The zero-order chi connectivity index (χ0) is 27.0. The van der Waals surface area contributed by atoms with Crippen LogP contribution in [0.1, 0.15) is 32.1 Å². The van der Waals surface area contributed by atoms with Crippen molar-refractivity contribution in [3.63, 3.8) is 0 Å². The second-order valence-corrected chi connectivity index (χ2v) is 10.8. The third-order valence-electron chi connectivity index (χ3n) is 8.47. The lowest BCUT2D eigenvalue weighted by atomic mass is 9.77. The Bertz CT molecular complexity index is 1340. The van der Waals surface area contributed by atoms with Crippen molar-refractivity contribution in [1.29, 1.82) is 0 Å². The maximum Gasteiger partial charge on any atom is 0.312 e. The number of amides is 2. The average Bonchev–Trinajstić information content (AvgIpc) is 3.31. The quantitative estimate of drug-likeness (QED) is 0.335. The Kier molecular flexibility index (Phi) is 6.99. The fraction of sp³-hybridized carbons (Fsp3) is 0.452. The number of hydrogen-bond acceptors (Lipinski definition) is 6. The number of cyclic esters (lactones) is 1. The molecule has 2 aromatic rings. The number of rotatable bonds is 7. The maximum atomic E-state index is 14.5. The molecule has 1 spiro atoms. The van der Waals surface area contributed by atoms with Crippen LogP contribution in [-0.4, -0.2) is 71.8 Å². The molecule has 2 fully saturated rings. The van der Waals surface area contributed by atoms with E-state index in [2.05, 4.69) is 0 Å². The van der Waals surface area contributed by atoms with E-state index in [-0.39, 0.29) is 25.0 Å². The highest BCUT2D eigenvalue weighted by molar-refractivity contribution is 6.06. The molecule has 0 bridgehead atoms. The molecule has 2 saturated heterocycles. The summed E-state index contributed by atoms with van der Waals surface area (Å²) >= 11 is 0. The molecule has 8 heteroatoms. The van der Waals surface area contributed by atoms with Gasteiger partial charge in [-0.05, 0) is 42.2 Å². The Hall–Kier alpha value is -3.49. The van der Waals surface area contributed by atoms with Crippen LogP contribution in [0.3, 0.4) is 0 Å². The van der Waals surface area contributed by atoms with Crippen molar-refractivity contribution in [3.8, 4) is 0 Å². The van der Waals surface area contributed by atoms with E-state index in [1.807, 2.05) is 66.8 Å². The Morgan fingerprint density at radius 2 is 1.77 bits per heavy atom. The van der Waals surface area contributed by atoms with Crippen LogP contribution in [0.2, 0.25) is 0 Å². The molecule has 0 aliphatic carbocycles. The number of aliphatic hydroxyl groups excluding tert-OH is 1. The van der Waals surface area contributed by atoms with Crippen LogP contribution in [-0.2, 0) is 23.9 Å². The minimum Gasteiger partial charge on any atom is -0.465 e. The van der Waals surface area contributed by atoms with Gasteiger partial charge in [0.2, 0.25) is 5.91 Å². The number of benzene rings is 2. The van der Waals surface area contributed by atoms with Gasteiger partial charge in [-0.15, -0.1) is 0 Å². The van der Waals surface area contributed by atoms with E-state index < -0.39 is 35.6 Å². The van der Waals surface area contributed by atoms with Gasteiger partial charge in [0.25, 0.3) is 5.91 Å². The van der Waals surface area contributed by atoms with Crippen molar-refractivity contribution in [2.45, 2.75) is 49.9 Å². The standard InChI is InChI=1S/C31H34N2O6/c34-18-7-2-1-6-16-33-27-29(36)32(23-14-13-21-10-3-4-11-22(21)20-23)17-9-15-31(27)26(28(33)35)25-24(39-31)12-5-8-19-38-30(25)37/h3-5,9-15,20,24-27,34H,1-2,6-8,16-19H2/t24-,25+,26-,27?,31-/m0/s1. The number of esters is 1. The highest BCUT2D eigenvalue weighted by atomic mass is 16.6. The van der Waals surface area contributed by atoms with Gasteiger partial charge in [-0.1, -0.05) is 67.5 Å². The van der Waals surface area contributed by atoms with E-state index in [0.29, 0.717) is 32.4 Å². The predicted octanol–water partition coefficient (Wildman–Crippen LogP) is 3.38. The summed E-state index contributed by atoms with van der Waals surface area (Å²) in [6, 6.07) is 13.0. The van der Waals surface area contributed by atoms with Gasteiger partial charge in [0.05, 0.1) is 18.6 Å². The average molecular weight is 531 g/mol. The molecule has 204 valence electrons. The minimum absolute atomic E-state index is 0.132. The van der Waals surface area contributed by atoms with Gasteiger partial charge in [-0.3, -0.25) is 14.4 Å². The highest BCUT2D eigenvalue weighted by Gasteiger charge is 2.71. The molecule has 6 rings (SSSR count). The third kappa shape index (κ3) is 4.36. The van der Waals surface area contributed by atoms with Crippen LogP contribution < -0.4 is 4.90 Å². The van der Waals surface area contributed by atoms with Crippen LogP contribution in [0.15, 0.2) is 66.8 Å². The second-order valence-electron chi connectivity index (χ2n) is 10.8. The van der Waals surface area contributed by atoms with Crippen molar-refractivity contribution in [2.75, 3.05) is 31.2 Å². The molecular formula is C31H34N2O6. The van der Waals surface area contributed by atoms with Gasteiger partial charge in [0, 0.05) is 25.4 Å². The monoisotopic (exact) mass is 530 g/mol. The summed E-state index contributed by atoms with van der Waals surface area (Å²) in [6.07, 6.45) is 10.5. The summed E-state index contributed by atoms with van der Waals surface area (Å²) < 4.78 is 12.1. The topological polar surface area (TPSA) is 96.4 Å². The van der Waals surface area contributed by atoms with E-state index in [0.717, 1.165) is 29.3 Å². The van der Waals surface area contributed by atoms with Gasteiger partial charge >= 0.3 is 5.97 Å². The number of anilines is 1. The third-order valence-corrected chi connectivity index (χ3v) is 8.47. The summed E-state index contributed by atoms with van der Waals surface area (Å²) in [5.74, 6) is -2.54. The van der Waals surface area contributed by atoms with E-state index in [1.54, 1.807) is 9.80 Å². The Morgan fingerprint density at radius 1 is 0.949 bits per heavy atom. The molecule has 8 nitrogen and oxygen atoms in total. The lowest BCUT2D eigenvalue weighted by molar-refractivity contribution is -0.154. The number of aliphatic hydroxyl groups is 1. The predicted molar refractivity (Wildman–Crippen MR) is 146 cm³/mol. The van der Waals surface area contributed by atoms with Gasteiger partial charge in [-0.2, -0.15) is 0 Å². The van der Waals surface area contributed by atoms with Gasteiger partial charge < -0.3 is 24.4 Å². The van der Waals surface area contributed by atoms with Crippen molar-refractivity contribution in [1.82, 2.24) is 4.90 Å². The fourth-order valence-corrected chi connectivity index (χ4v) is 6.67. The summed E-state index contributed by atoms with van der Waals surface area (Å²) in [4.78, 5) is 45.1. The Balaban J connectivity index is 1.39. The Morgan fingerprint density at radius 3 is 2.62 bits per heavy atom. The van der Waals surface area contributed by atoms with Crippen molar-refractivity contribution < 1.29 is 29.0 Å². The number of carbonyl (C=O) groups excluding carboxylic acids is 3. The lowest BCUT2D eigenvalue weighted by Gasteiger charge is -2.35. The second kappa shape index (κ2) is 10.6. The fourth-order valence-electron chi connectivity index (χ4n) is 6.67. The summed E-state index contributed by atoms with van der Waals surface area (Å²) in [6.45, 7) is 1.10. The van der Waals surface area contributed by atoms with Crippen molar-refractivity contribution >= 4 is 34.2 Å². The first kappa shape index (κ1) is 25.8. The van der Waals surface area contributed by atoms with Crippen LogP contribution in [0.5, 0.6) is 0 Å². The number of likely N-dealkylation sites (tertiary alicyclic amines) is 1. The number of carbonyl (C=O) groups is 3.